The Morgan fingerprint density at radius 2 is 2.14 bits per heavy atom. The van der Waals surface area contributed by atoms with E-state index in [1.165, 1.54) is 19.2 Å². The Labute approximate surface area is 128 Å². The minimum Gasteiger partial charge on any atom is -0.495 e. The normalized spacial score (nSPS) is 11.8. The highest BCUT2D eigenvalue weighted by atomic mass is 35.5. The van der Waals surface area contributed by atoms with E-state index in [0.29, 0.717) is 17.9 Å². The number of carboxylic acids is 1. The summed E-state index contributed by atoms with van der Waals surface area (Å²) in [6.07, 6.45) is 0.781. The number of amides is 1. The van der Waals surface area contributed by atoms with E-state index in [1.54, 1.807) is 6.07 Å². The first-order valence-corrected chi connectivity index (χ1v) is 6.80. The molecular weight excluding hydrogens is 298 g/mol. The Hall–Kier alpha value is -1.79. The van der Waals surface area contributed by atoms with Crippen LogP contribution >= 0.6 is 11.6 Å². The summed E-state index contributed by atoms with van der Waals surface area (Å²) in [5.41, 5.74) is 0.358. The number of methoxy groups -OCH3 is 1. The lowest BCUT2D eigenvalue weighted by atomic mass is 10.1. The first kappa shape index (κ1) is 17.3. The van der Waals surface area contributed by atoms with Crippen molar-refractivity contribution in [3.63, 3.8) is 0 Å². The van der Waals surface area contributed by atoms with Crippen LogP contribution in [0.3, 0.4) is 0 Å². The average molecular weight is 316 g/mol. The molecule has 0 aromatic heterocycles. The van der Waals surface area contributed by atoms with Crippen LogP contribution in [0.25, 0.3) is 0 Å². The summed E-state index contributed by atoms with van der Waals surface area (Å²) in [4.78, 5) is 23.0. The van der Waals surface area contributed by atoms with Gasteiger partial charge in [-0.2, -0.15) is 0 Å². The monoisotopic (exact) mass is 315 g/mol. The summed E-state index contributed by atoms with van der Waals surface area (Å²) < 4.78 is 10.1. The lowest BCUT2D eigenvalue weighted by Crippen LogP contribution is -2.36. The maximum Gasteiger partial charge on any atom is 0.330 e. The number of carboxylic acid groups (broad SMARTS) is 1. The fourth-order valence-electron chi connectivity index (χ4n) is 1.66. The molecule has 0 radical (unpaired) electrons. The first-order valence-electron chi connectivity index (χ1n) is 6.43. The molecule has 0 aliphatic heterocycles. The number of halogens is 1. The molecule has 1 aromatic carbocycles. The highest BCUT2D eigenvalue weighted by Crippen LogP contribution is 2.27. The van der Waals surface area contributed by atoms with Gasteiger partial charge in [-0.15, -0.1) is 0 Å². The van der Waals surface area contributed by atoms with E-state index in [2.05, 4.69) is 5.32 Å². The van der Waals surface area contributed by atoms with Crippen LogP contribution in [0, 0.1) is 0 Å². The number of hydrogen-bond donors (Lipinski definition) is 2. The molecule has 116 valence electrons. The Kier molecular flexibility index (Phi) is 6.98. The third kappa shape index (κ3) is 5.24. The molecule has 2 N–H and O–H groups in total. The van der Waals surface area contributed by atoms with Crippen molar-refractivity contribution in [2.24, 2.45) is 0 Å². The smallest absolute Gasteiger partial charge is 0.330 e. The van der Waals surface area contributed by atoms with Gasteiger partial charge in [0, 0.05) is 6.61 Å². The second-order valence-corrected chi connectivity index (χ2v) is 4.69. The van der Waals surface area contributed by atoms with Crippen molar-refractivity contribution >= 4 is 23.5 Å². The van der Waals surface area contributed by atoms with Crippen molar-refractivity contribution in [3.05, 3.63) is 28.8 Å². The van der Waals surface area contributed by atoms with Gasteiger partial charge >= 0.3 is 5.97 Å². The molecule has 1 aromatic rings. The SMILES string of the molecule is CCCOCC(=O)NC(C(=O)O)c1ccc(OC)c(Cl)c1. The molecule has 0 saturated carbocycles. The summed E-state index contributed by atoms with van der Waals surface area (Å²) in [6.45, 7) is 2.18. The van der Waals surface area contributed by atoms with E-state index in [-0.39, 0.29) is 11.6 Å². The van der Waals surface area contributed by atoms with Gasteiger partial charge in [0.1, 0.15) is 12.4 Å². The Bertz CT molecular complexity index is 506. The van der Waals surface area contributed by atoms with Crippen LogP contribution in [0.2, 0.25) is 5.02 Å². The molecule has 0 aliphatic carbocycles. The first-order chi connectivity index (χ1) is 9.99. The van der Waals surface area contributed by atoms with Crippen molar-refractivity contribution < 1.29 is 24.2 Å². The number of aliphatic carboxylic acids is 1. The largest absolute Gasteiger partial charge is 0.495 e. The number of nitrogens with one attached hydrogen (secondary N) is 1. The van der Waals surface area contributed by atoms with Crippen LogP contribution < -0.4 is 10.1 Å². The third-order valence-electron chi connectivity index (χ3n) is 2.64. The Balaban J connectivity index is 2.80. The van der Waals surface area contributed by atoms with Gasteiger partial charge < -0.3 is 19.9 Å². The number of hydrogen-bond acceptors (Lipinski definition) is 4. The third-order valence-corrected chi connectivity index (χ3v) is 2.94. The van der Waals surface area contributed by atoms with Crippen LogP contribution in [0.4, 0.5) is 0 Å². The summed E-state index contributed by atoms with van der Waals surface area (Å²) in [5, 5.41) is 11.9. The quantitative estimate of drug-likeness (QED) is 0.717. The lowest BCUT2D eigenvalue weighted by Gasteiger charge is -2.16. The fourth-order valence-corrected chi connectivity index (χ4v) is 1.93. The molecule has 1 unspecified atom stereocenters. The van der Waals surface area contributed by atoms with E-state index in [0.717, 1.165) is 6.42 Å². The van der Waals surface area contributed by atoms with Crippen molar-refractivity contribution in [3.8, 4) is 5.75 Å². The molecular formula is C14H18ClNO5. The van der Waals surface area contributed by atoms with E-state index in [9.17, 15) is 14.7 Å². The van der Waals surface area contributed by atoms with Crippen molar-refractivity contribution in [2.75, 3.05) is 20.3 Å². The van der Waals surface area contributed by atoms with Gasteiger partial charge in [-0.3, -0.25) is 4.79 Å². The highest BCUT2D eigenvalue weighted by molar-refractivity contribution is 6.32. The second-order valence-electron chi connectivity index (χ2n) is 4.29. The summed E-state index contributed by atoms with van der Waals surface area (Å²) in [6, 6.07) is 3.35. The van der Waals surface area contributed by atoms with E-state index in [4.69, 9.17) is 21.1 Å². The predicted octanol–water partition coefficient (Wildman–Crippen LogP) is 2.02. The zero-order valence-corrected chi connectivity index (χ0v) is 12.6. The molecule has 0 saturated heterocycles. The van der Waals surface area contributed by atoms with E-state index < -0.39 is 17.9 Å². The maximum absolute atomic E-state index is 11.7. The van der Waals surface area contributed by atoms with Gasteiger partial charge in [-0.05, 0) is 24.1 Å². The van der Waals surface area contributed by atoms with Gasteiger partial charge in [-0.25, -0.2) is 4.79 Å². The molecule has 1 rings (SSSR count). The number of rotatable bonds is 8. The molecule has 6 nitrogen and oxygen atoms in total. The van der Waals surface area contributed by atoms with Crippen LogP contribution in [0.15, 0.2) is 18.2 Å². The van der Waals surface area contributed by atoms with Gasteiger partial charge in [0.25, 0.3) is 0 Å². The van der Waals surface area contributed by atoms with E-state index >= 15 is 0 Å². The Morgan fingerprint density at radius 1 is 1.43 bits per heavy atom. The zero-order valence-electron chi connectivity index (χ0n) is 11.9. The number of carbonyl (C=O) groups excluding carboxylic acids is 1. The number of benzene rings is 1. The molecule has 1 atom stereocenters. The molecule has 21 heavy (non-hydrogen) atoms. The molecule has 0 spiro atoms. The maximum atomic E-state index is 11.7. The van der Waals surface area contributed by atoms with Crippen LogP contribution in [0.1, 0.15) is 24.9 Å². The number of ether oxygens (including phenoxy) is 2. The van der Waals surface area contributed by atoms with Crippen molar-refractivity contribution in [1.29, 1.82) is 0 Å². The lowest BCUT2D eigenvalue weighted by molar-refractivity contribution is -0.142. The standard InChI is InChI=1S/C14H18ClNO5/c1-3-6-21-8-12(17)16-13(14(18)19)9-4-5-11(20-2)10(15)7-9/h4-5,7,13H,3,6,8H2,1-2H3,(H,16,17)(H,18,19). The number of carbonyl (C=O) groups is 2. The summed E-state index contributed by atoms with van der Waals surface area (Å²) in [7, 11) is 1.46. The van der Waals surface area contributed by atoms with E-state index in [1.807, 2.05) is 6.92 Å². The van der Waals surface area contributed by atoms with Gasteiger partial charge in [0.2, 0.25) is 5.91 Å². The molecule has 0 heterocycles. The predicted molar refractivity (Wildman–Crippen MR) is 77.6 cm³/mol. The topological polar surface area (TPSA) is 84.9 Å². The van der Waals surface area contributed by atoms with Crippen molar-refractivity contribution in [1.82, 2.24) is 5.32 Å². The highest BCUT2D eigenvalue weighted by Gasteiger charge is 2.23. The van der Waals surface area contributed by atoms with Gasteiger partial charge in [0.05, 0.1) is 12.1 Å². The summed E-state index contributed by atoms with van der Waals surface area (Å²) in [5.74, 6) is -1.25. The molecule has 7 heteroatoms. The molecule has 0 aliphatic rings. The van der Waals surface area contributed by atoms with Gasteiger partial charge in [-0.1, -0.05) is 24.6 Å². The summed E-state index contributed by atoms with van der Waals surface area (Å²) >= 11 is 5.96. The molecule has 0 bridgehead atoms. The minimum atomic E-state index is -1.19. The van der Waals surface area contributed by atoms with Gasteiger partial charge in [0.15, 0.2) is 6.04 Å². The van der Waals surface area contributed by atoms with Crippen molar-refractivity contribution in [2.45, 2.75) is 19.4 Å². The fraction of sp³-hybridized carbons (Fsp3) is 0.429. The van der Waals surface area contributed by atoms with Crippen LogP contribution in [-0.2, 0) is 14.3 Å². The zero-order chi connectivity index (χ0) is 15.8. The van der Waals surface area contributed by atoms with Crippen LogP contribution in [-0.4, -0.2) is 37.3 Å². The average Bonchev–Trinajstić information content (AvgIpc) is 2.44. The molecule has 0 fully saturated rings. The Morgan fingerprint density at radius 3 is 2.67 bits per heavy atom. The molecule has 1 amide bonds. The van der Waals surface area contributed by atoms with Crippen LogP contribution in [0.5, 0.6) is 5.75 Å². The second kappa shape index (κ2) is 8.49. The minimum absolute atomic E-state index is 0.179.